The van der Waals surface area contributed by atoms with E-state index in [4.69, 9.17) is 5.73 Å². The van der Waals surface area contributed by atoms with Crippen LogP contribution >= 0.6 is 15.9 Å². The molecule has 3 N–H and O–H groups in total. The first-order chi connectivity index (χ1) is 6.61. The number of nitrogen functional groups attached to an aromatic ring is 1. The summed E-state index contributed by atoms with van der Waals surface area (Å²) in [7, 11) is 0. The fourth-order valence-corrected chi connectivity index (χ4v) is 1.33. The molecule has 0 saturated heterocycles. The van der Waals surface area contributed by atoms with Gasteiger partial charge in [-0.2, -0.15) is 0 Å². The average molecular weight is 259 g/mol. The highest BCUT2D eigenvalue weighted by molar-refractivity contribution is 9.10. The van der Waals surface area contributed by atoms with Gasteiger partial charge in [-0.25, -0.2) is 9.97 Å². The van der Waals surface area contributed by atoms with Gasteiger partial charge in [-0.15, -0.1) is 0 Å². The molecule has 0 spiro atoms. The molecule has 78 valence electrons. The van der Waals surface area contributed by atoms with Crippen molar-refractivity contribution in [1.82, 2.24) is 9.97 Å². The highest BCUT2D eigenvalue weighted by Crippen LogP contribution is 2.23. The summed E-state index contributed by atoms with van der Waals surface area (Å²) in [6.45, 7) is 5.27. The fourth-order valence-electron chi connectivity index (χ4n) is 0.986. The van der Waals surface area contributed by atoms with Crippen LogP contribution in [0.2, 0.25) is 0 Å². The SMILES string of the molecule is CC(C)CCNc1ncnc(N)c1Br. The Labute approximate surface area is 92.5 Å². The second-order valence-electron chi connectivity index (χ2n) is 3.53. The molecule has 1 rings (SSSR count). The van der Waals surface area contributed by atoms with Crippen molar-refractivity contribution in [3.63, 3.8) is 0 Å². The predicted octanol–water partition coefficient (Wildman–Crippen LogP) is 2.28. The van der Waals surface area contributed by atoms with Crippen LogP contribution in [0.4, 0.5) is 11.6 Å². The maximum absolute atomic E-state index is 5.61. The smallest absolute Gasteiger partial charge is 0.145 e. The lowest BCUT2D eigenvalue weighted by molar-refractivity contribution is 0.606. The molecule has 14 heavy (non-hydrogen) atoms. The van der Waals surface area contributed by atoms with Crippen molar-refractivity contribution in [3.8, 4) is 0 Å². The number of aromatic nitrogens is 2. The molecule has 0 aliphatic rings. The van der Waals surface area contributed by atoms with Gasteiger partial charge in [0, 0.05) is 6.54 Å². The molecule has 0 amide bonds. The van der Waals surface area contributed by atoms with Gasteiger partial charge >= 0.3 is 0 Å². The van der Waals surface area contributed by atoms with Crippen LogP contribution in [0.3, 0.4) is 0 Å². The molecule has 0 saturated carbocycles. The number of hydrogen-bond acceptors (Lipinski definition) is 4. The van der Waals surface area contributed by atoms with Gasteiger partial charge in [-0.1, -0.05) is 13.8 Å². The van der Waals surface area contributed by atoms with Crippen molar-refractivity contribution in [2.24, 2.45) is 5.92 Å². The Balaban J connectivity index is 2.54. The monoisotopic (exact) mass is 258 g/mol. The minimum Gasteiger partial charge on any atom is -0.383 e. The fraction of sp³-hybridized carbons (Fsp3) is 0.556. The zero-order valence-corrected chi connectivity index (χ0v) is 10.0. The van der Waals surface area contributed by atoms with E-state index in [9.17, 15) is 0 Å². The topological polar surface area (TPSA) is 63.8 Å². The van der Waals surface area contributed by atoms with Crippen LogP contribution in [0, 0.1) is 5.92 Å². The van der Waals surface area contributed by atoms with Crippen LogP contribution in [0.5, 0.6) is 0 Å². The summed E-state index contributed by atoms with van der Waals surface area (Å²) in [6.07, 6.45) is 2.56. The van der Waals surface area contributed by atoms with Crippen LogP contribution in [0.15, 0.2) is 10.8 Å². The number of halogens is 1. The van der Waals surface area contributed by atoms with Crippen LogP contribution in [-0.2, 0) is 0 Å². The summed E-state index contributed by atoms with van der Waals surface area (Å²) in [5, 5.41) is 3.21. The Morgan fingerprint density at radius 3 is 2.86 bits per heavy atom. The summed E-state index contributed by atoms with van der Waals surface area (Å²) >= 11 is 3.33. The van der Waals surface area contributed by atoms with Crippen LogP contribution < -0.4 is 11.1 Å². The van der Waals surface area contributed by atoms with E-state index in [-0.39, 0.29) is 0 Å². The Morgan fingerprint density at radius 2 is 2.21 bits per heavy atom. The van der Waals surface area contributed by atoms with Crippen molar-refractivity contribution in [2.45, 2.75) is 20.3 Å². The summed E-state index contributed by atoms with van der Waals surface area (Å²) in [5.74, 6) is 1.91. The quantitative estimate of drug-likeness (QED) is 0.870. The second-order valence-corrected chi connectivity index (χ2v) is 4.32. The van der Waals surface area contributed by atoms with Crippen LogP contribution in [0.25, 0.3) is 0 Å². The minimum atomic E-state index is 0.465. The molecule has 0 aliphatic carbocycles. The number of nitrogens with one attached hydrogen (secondary N) is 1. The van der Waals surface area contributed by atoms with Gasteiger partial charge in [-0.3, -0.25) is 0 Å². The van der Waals surface area contributed by atoms with Gasteiger partial charge < -0.3 is 11.1 Å². The van der Waals surface area contributed by atoms with Crippen molar-refractivity contribution < 1.29 is 0 Å². The molecule has 1 aromatic heterocycles. The van der Waals surface area contributed by atoms with Crippen molar-refractivity contribution in [1.29, 1.82) is 0 Å². The second kappa shape index (κ2) is 5.14. The Bertz CT molecular complexity index is 301. The molecular formula is C9H15BrN4. The predicted molar refractivity (Wildman–Crippen MR) is 62.1 cm³/mol. The lowest BCUT2D eigenvalue weighted by Crippen LogP contribution is -2.08. The summed E-state index contributed by atoms with van der Waals surface area (Å²) in [4.78, 5) is 7.95. The molecule has 0 radical (unpaired) electrons. The number of nitrogens with zero attached hydrogens (tertiary/aromatic N) is 2. The Hall–Kier alpha value is -0.840. The molecule has 0 fully saturated rings. The van der Waals surface area contributed by atoms with E-state index in [1.165, 1.54) is 6.33 Å². The molecule has 0 aromatic carbocycles. The summed E-state index contributed by atoms with van der Waals surface area (Å²) in [6, 6.07) is 0. The first kappa shape index (κ1) is 11.2. The lowest BCUT2D eigenvalue weighted by atomic mass is 10.1. The molecule has 0 aliphatic heterocycles. The van der Waals surface area contributed by atoms with Gasteiger partial charge in [-0.05, 0) is 28.3 Å². The zero-order chi connectivity index (χ0) is 10.6. The number of rotatable bonds is 4. The number of nitrogens with two attached hydrogens (primary N) is 1. The normalized spacial score (nSPS) is 10.6. The van der Waals surface area contributed by atoms with E-state index in [1.807, 2.05) is 0 Å². The van der Waals surface area contributed by atoms with E-state index >= 15 is 0 Å². The molecule has 1 aromatic rings. The minimum absolute atomic E-state index is 0.465. The van der Waals surface area contributed by atoms with Crippen molar-refractivity contribution in [2.75, 3.05) is 17.6 Å². The molecule has 5 heteroatoms. The average Bonchev–Trinajstić information content (AvgIpc) is 2.12. The summed E-state index contributed by atoms with van der Waals surface area (Å²) in [5.41, 5.74) is 5.61. The molecule has 1 heterocycles. The lowest BCUT2D eigenvalue weighted by Gasteiger charge is -2.09. The van der Waals surface area contributed by atoms with E-state index < -0.39 is 0 Å². The molecule has 0 unspecified atom stereocenters. The largest absolute Gasteiger partial charge is 0.383 e. The molecule has 4 nitrogen and oxygen atoms in total. The van der Waals surface area contributed by atoms with Gasteiger partial charge in [0.05, 0.1) is 0 Å². The highest BCUT2D eigenvalue weighted by atomic mass is 79.9. The third kappa shape index (κ3) is 3.14. The first-order valence-corrected chi connectivity index (χ1v) is 5.40. The van der Waals surface area contributed by atoms with Gasteiger partial charge in [0.1, 0.15) is 22.4 Å². The van der Waals surface area contributed by atoms with E-state index in [0.29, 0.717) is 11.7 Å². The standard InChI is InChI=1S/C9H15BrN4/c1-6(2)3-4-12-9-7(10)8(11)13-5-14-9/h5-6H,3-4H2,1-2H3,(H3,11,12,13,14). The van der Waals surface area contributed by atoms with Crippen molar-refractivity contribution in [3.05, 3.63) is 10.8 Å². The van der Waals surface area contributed by atoms with Gasteiger partial charge in [0.15, 0.2) is 0 Å². The van der Waals surface area contributed by atoms with Crippen LogP contribution in [-0.4, -0.2) is 16.5 Å². The van der Waals surface area contributed by atoms with Gasteiger partial charge in [0.25, 0.3) is 0 Å². The van der Waals surface area contributed by atoms with Crippen LogP contribution in [0.1, 0.15) is 20.3 Å². The maximum Gasteiger partial charge on any atom is 0.145 e. The highest BCUT2D eigenvalue weighted by Gasteiger charge is 2.04. The Morgan fingerprint density at radius 1 is 1.50 bits per heavy atom. The van der Waals surface area contributed by atoms with E-state index in [1.54, 1.807) is 0 Å². The third-order valence-corrected chi connectivity index (χ3v) is 2.61. The molecule has 0 atom stereocenters. The van der Waals surface area contributed by atoms with E-state index in [2.05, 4.69) is 45.1 Å². The van der Waals surface area contributed by atoms with E-state index in [0.717, 1.165) is 23.3 Å². The van der Waals surface area contributed by atoms with Crippen molar-refractivity contribution >= 4 is 27.6 Å². The third-order valence-electron chi connectivity index (χ3n) is 1.83. The maximum atomic E-state index is 5.61. The molecular weight excluding hydrogens is 244 g/mol. The summed E-state index contributed by atoms with van der Waals surface area (Å²) < 4.78 is 0.740. The Kier molecular flexibility index (Phi) is 4.13. The van der Waals surface area contributed by atoms with Gasteiger partial charge in [0.2, 0.25) is 0 Å². The first-order valence-electron chi connectivity index (χ1n) is 4.61. The number of anilines is 2. The molecule has 0 bridgehead atoms. The number of hydrogen-bond donors (Lipinski definition) is 2. The zero-order valence-electron chi connectivity index (χ0n) is 8.42.